The van der Waals surface area contributed by atoms with Crippen molar-refractivity contribution < 1.29 is 0 Å². The van der Waals surface area contributed by atoms with E-state index < -0.39 is 0 Å². The molecule has 0 aromatic carbocycles. The maximum Gasteiger partial charge on any atom is 0.0388 e. The van der Waals surface area contributed by atoms with Crippen LogP contribution in [0.1, 0.15) is 32.1 Å². The summed E-state index contributed by atoms with van der Waals surface area (Å²) in [7, 11) is 0. The van der Waals surface area contributed by atoms with Crippen molar-refractivity contribution in [3.05, 3.63) is 0 Å². The predicted molar refractivity (Wildman–Crippen MR) is 50.3 cm³/mol. The highest BCUT2D eigenvalue weighted by Gasteiger charge is 2.46. The summed E-state index contributed by atoms with van der Waals surface area (Å²) in [6, 6.07) is 0. The first-order valence-electron chi connectivity index (χ1n) is 5.05. The zero-order valence-electron chi connectivity index (χ0n) is 7.17. The lowest BCUT2D eigenvalue weighted by molar-refractivity contribution is 0.109. The van der Waals surface area contributed by atoms with Gasteiger partial charge in [-0.2, -0.15) is 4.51 Å². The van der Waals surface area contributed by atoms with E-state index in [0.29, 0.717) is 0 Å². The third-order valence-electron chi connectivity index (χ3n) is 4.07. The summed E-state index contributed by atoms with van der Waals surface area (Å²) in [5, 5.41) is 0. The minimum Gasteiger partial charge on any atom is -0.186 e. The number of hydrogen-bond donors (Lipinski definition) is 0. The van der Waals surface area contributed by atoms with E-state index in [1.54, 1.807) is 0 Å². The minimum absolute atomic E-state index is 0.777. The van der Waals surface area contributed by atoms with Crippen LogP contribution in [0.15, 0.2) is 4.51 Å². The third kappa shape index (κ3) is 0.891. The summed E-state index contributed by atoms with van der Waals surface area (Å²) in [5.74, 6) is 3.60. The molecule has 0 aromatic heterocycles. The van der Waals surface area contributed by atoms with Crippen molar-refractivity contribution in [1.29, 1.82) is 0 Å². The molecule has 0 aliphatic heterocycles. The molecule has 4 rings (SSSR count). The highest BCUT2D eigenvalue weighted by atomic mass is 35.5. The fraction of sp³-hybridized carbons (Fsp3) is 0.900. The van der Waals surface area contributed by atoms with Crippen LogP contribution in [0.3, 0.4) is 0 Å². The maximum absolute atomic E-state index is 5.63. The smallest absolute Gasteiger partial charge is 0.0388 e. The van der Waals surface area contributed by atoms with Crippen molar-refractivity contribution in [2.24, 2.45) is 28.2 Å². The maximum atomic E-state index is 5.63. The predicted octanol–water partition coefficient (Wildman–Crippen LogP) is 3.04. The van der Waals surface area contributed by atoms with Crippen LogP contribution in [0.4, 0.5) is 0 Å². The lowest BCUT2D eigenvalue weighted by Crippen LogP contribution is -2.45. The Bertz CT molecular complexity index is 204. The van der Waals surface area contributed by atoms with Gasteiger partial charge in [0.05, 0.1) is 0 Å². The van der Waals surface area contributed by atoms with Crippen molar-refractivity contribution in [2.75, 3.05) is 0 Å². The van der Waals surface area contributed by atoms with Gasteiger partial charge in [-0.3, -0.25) is 0 Å². The number of rotatable bonds is 0. The normalized spacial score (nSPS) is 49.9. The van der Waals surface area contributed by atoms with Gasteiger partial charge in [0.25, 0.3) is 0 Å². The Balaban J connectivity index is 1.95. The Labute approximate surface area is 78.3 Å². The van der Waals surface area contributed by atoms with Gasteiger partial charge in [-0.1, -0.05) is 0 Å². The van der Waals surface area contributed by atoms with Gasteiger partial charge in [-0.05, 0) is 55.8 Å². The largest absolute Gasteiger partial charge is 0.186 e. The lowest BCUT2D eigenvalue weighted by atomic mass is 9.55. The summed E-state index contributed by atoms with van der Waals surface area (Å²) < 4.78 is 3.98. The highest BCUT2D eigenvalue weighted by molar-refractivity contribution is 6.20. The van der Waals surface area contributed by atoms with E-state index in [-0.39, 0.29) is 0 Å². The number of halogens is 1. The molecule has 4 fully saturated rings. The van der Waals surface area contributed by atoms with Gasteiger partial charge in [0.1, 0.15) is 0 Å². The average Bonchev–Trinajstić information content (AvgIpc) is 2.02. The van der Waals surface area contributed by atoms with E-state index in [0.717, 1.165) is 23.7 Å². The molecule has 4 aliphatic carbocycles. The molecule has 1 nitrogen and oxygen atoms in total. The van der Waals surface area contributed by atoms with Crippen LogP contribution < -0.4 is 0 Å². The molecule has 4 saturated carbocycles. The monoisotopic (exact) mass is 183 g/mol. The minimum atomic E-state index is 0.777. The molecule has 12 heavy (non-hydrogen) atoms. The number of hydrogen-bond acceptors (Lipinski definition) is 1. The third-order valence-corrected chi connectivity index (χ3v) is 4.27. The van der Waals surface area contributed by atoms with Crippen molar-refractivity contribution in [2.45, 2.75) is 32.1 Å². The van der Waals surface area contributed by atoms with E-state index >= 15 is 0 Å². The van der Waals surface area contributed by atoms with Gasteiger partial charge in [-0.15, -0.1) is 0 Å². The molecule has 4 bridgehead atoms. The molecular weight excluding hydrogens is 170 g/mol. The molecule has 66 valence electrons. The molecular formula is C10H14ClN. The SMILES string of the molecule is ClN=C1C2CC3CC(C2)CC1C3. The Morgan fingerprint density at radius 3 is 1.83 bits per heavy atom. The van der Waals surface area contributed by atoms with Crippen molar-refractivity contribution >= 4 is 17.5 Å². The molecule has 0 unspecified atom stereocenters. The fourth-order valence-corrected chi connectivity index (χ4v) is 4.08. The first-order valence-corrected chi connectivity index (χ1v) is 5.39. The molecule has 2 heteroatoms. The molecule has 4 aliphatic rings. The van der Waals surface area contributed by atoms with Crippen LogP contribution >= 0.6 is 11.8 Å². The van der Waals surface area contributed by atoms with E-state index in [2.05, 4.69) is 4.51 Å². The zero-order valence-corrected chi connectivity index (χ0v) is 7.93. The summed E-state index contributed by atoms with van der Waals surface area (Å²) >= 11 is 5.63. The Kier molecular flexibility index (Phi) is 1.52. The van der Waals surface area contributed by atoms with Crippen LogP contribution in [-0.2, 0) is 0 Å². The second kappa shape index (κ2) is 2.47. The number of nitrogens with zero attached hydrogens (tertiary/aromatic N) is 1. The highest BCUT2D eigenvalue weighted by Crippen LogP contribution is 2.52. The topological polar surface area (TPSA) is 12.4 Å². The summed E-state index contributed by atoms with van der Waals surface area (Å²) in [6.45, 7) is 0. The van der Waals surface area contributed by atoms with Crippen molar-refractivity contribution in [1.82, 2.24) is 0 Å². The van der Waals surface area contributed by atoms with E-state index in [1.165, 1.54) is 37.8 Å². The van der Waals surface area contributed by atoms with Crippen molar-refractivity contribution in [3.8, 4) is 0 Å². The molecule has 0 atom stereocenters. The first kappa shape index (κ1) is 7.37. The standard InChI is InChI=1S/C10H14ClN/c11-12-10-8-2-6-1-7(4-8)5-9(10)3-6/h6-9H,1-5H2. The molecule has 0 heterocycles. The average molecular weight is 184 g/mol. The van der Waals surface area contributed by atoms with Gasteiger partial charge < -0.3 is 0 Å². The van der Waals surface area contributed by atoms with Crippen LogP contribution in [0.2, 0.25) is 0 Å². The van der Waals surface area contributed by atoms with Gasteiger partial charge in [0.15, 0.2) is 0 Å². The summed E-state index contributed by atoms with van der Waals surface area (Å²) in [5.41, 5.74) is 1.35. The molecule has 0 aromatic rings. The molecule has 0 amide bonds. The van der Waals surface area contributed by atoms with Gasteiger partial charge in [0.2, 0.25) is 0 Å². The molecule has 0 spiro atoms. The molecule has 0 radical (unpaired) electrons. The zero-order chi connectivity index (χ0) is 8.13. The van der Waals surface area contributed by atoms with Crippen molar-refractivity contribution in [3.63, 3.8) is 0 Å². The second-order valence-corrected chi connectivity index (χ2v) is 4.98. The fourth-order valence-electron chi connectivity index (χ4n) is 3.81. The van der Waals surface area contributed by atoms with Gasteiger partial charge in [0, 0.05) is 17.5 Å². The van der Waals surface area contributed by atoms with Crippen LogP contribution in [0.5, 0.6) is 0 Å². The van der Waals surface area contributed by atoms with Crippen LogP contribution in [0, 0.1) is 23.7 Å². The summed E-state index contributed by atoms with van der Waals surface area (Å²) in [4.78, 5) is 0. The van der Waals surface area contributed by atoms with E-state index in [1.807, 2.05) is 0 Å². The first-order chi connectivity index (χ1) is 5.86. The summed E-state index contributed by atoms with van der Waals surface area (Å²) in [6.07, 6.45) is 7.05. The quantitative estimate of drug-likeness (QED) is 0.548. The van der Waals surface area contributed by atoms with Gasteiger partial charge >= 0.3 is 0 Å². The molecule has 0 N–H and O–H groups in total. The second-order valence-electron chi connectivity index (χ2n) is 4.81. The van der Waals surface area contributed by atoms with E-state index in [9.17, 15) is 0 Å². The Morgan fingerprint density at radius 1 is 0.917 bits per heavy atom. The van der Waals surface area contributed by atoms with Crippen LogP contribution in [0.25, 0.3) is 0 Å². The lowest BCUT2D eigenvalue weighted by Gasteiger charge is -2.50. The Morgan fingerprint density at radius 2 is 1.42 bits per heavy atom. The Hall–Kier alpha value is -0.0400. The molecule has 0 saturated heterocycles. The van der Waals surface area contributed by atoms with Crippen LogP contribution in [-0.4, -0.2) is 5.71 Å². The van der Waals surface area contributed by atoms with Gasteiger partial charge in [-0.25, -0.2) is 0 Å². The van der Waals surface area contributed by atoms with E-state index in [4.69, 9.17) is 11.8 Å².